The van der Waals surface area contributed by atoms with E-state index in [-0.39, 0.29) is 18.0 Å². The molecule has 2 N–H and O–H groups in total. The van der Waals surface area contributed by atoms with Crippen molar-refractivity contribution in [2.75, 3.05) is 45.3 Å². The topological polar surface area (TPSA) is 92.8 Å². The molecule has 0 aliphatic carbocycles. The lowest BCUT2D eigenvalue weighted by molar-refractivity contribution is 0.0936. The van der Waals surface area contributed by atoms with Gasteiger partial charge in [0.1, 0.15) is 5.82 Å². The van der Waals surface area contributed by atoms with Crippen LogP contribution < -0.4 is 10.6 Å². The summed E-state index contributed by atoms with van der Waals surface area (Å²) in [5, 5.41) is 6.10. The standard InChI is InChI=1S/C17H26N4O4/c1-3-25-17(23)21-9-6-14(7-10-21)20-15-5-4-13(12-19-15)16(22)18-8-11-24-2/h4-5,12,14H,3,6-11H2,1-2H3,(H,18,22)(H,19,20). The summed E-state index contributed by atoms with van der Waals surface area (Å²) >= 11 is 0. The molecule has 0 unspecified atom stereocenters. The molecule has 1 aliphatic heterocycles. The van der Waals surface area contributed by atoms with Crippen LogP contribution in [-0.2, 0) is 9.47 Å². The fourth-order valence-electron chi connectivity index (χ4n) is 2.61. The first-order valence-electron chi connectivity index (χ1n) is 8.55. The van der Waals surface area contributed by atoms with Crippen molar-refractivity contribution in [2.45, 2.75) is 25.8 Å². The van der Waals surface area contributed by atoms with Crippen LogP contribution in [0.2, 0.25) is 0 Å². The Morgan fingerprint density at radius 3 is 2.68 bits per heavy atom. The van der Waals surface area contributed by atoms with Crippen molar-refractivity contribution in [1.29, 1.82) is 0 Å². The van der Waals surface area contributed by atoms with Gasteiger partial charge in [-0.1, -0.05) is 0 Å². The van der Waals surface area contributed by atoms with E-state index in [4.69, 9.17) is 9.47 Å². The van der Waals surface area contributed by atoms with Gasteiger partial charge < -0.3 is 25.0 Å². The number of aromatic nitrogens is 1. The molecule has 1 aromatic rings. The van der Waals surface area contributed by atoms with E-state index in [9.17, 15) is 9.59 Å². The van der Waals surface area contributed by atoms with Gasteiger partial charge in [0.05, 0.1) is 18.8 Å². The molecule has 1 fully saturated rings. The second kappa shape index (κ2) is 9.83. The molecule has 138 valence electrons. The molecule has 25 heavy (non-hydrogen) atoms. The van der Waals surface area contributed by atoms with Gasteiger partial charge in [-0.2, -0.15) is 0 Å². The van der Waals surface area contributed by atoms with E-state index in [2.05, 4.69) is 15.6 Å². The quantitative estimate of drug-likeness (QED) is 0.724. The number of amides is 2. The number of hydrogen-bond donors (Lipinski definition) is 2. The maximum absolute atomic E-state index is 11.9. The summed E-state index contributed by atoms with van der Waals surface area (Å²) in [5.74, 6) is 0.557. The van der Waals surface area contributed by atoms with Crippen LogP contribution in [-0.4, -0.2) is 67.9 Å². The van der Waals surface area contributed by atoms with E-state index in [1.165, 1.54) is 0 Å². The number of carbonyl (C=O) groups is 2. The summed E-state index contributed by atoms with van der Waals surface area (Å²) in [6, 6.07) is 3.79. The van der Waals surface area contributed by atoms with Gasteiger partial charge in [0.25, 0.3) is 5.91 Å². The molecule has 8 nitrogen and oxygen atoms in total. The predicted molar refractivity (Wildman–Crippen MR) is 93.7 cm³/mol. The molecule has 0 radical (unpaired) electrons. The van der Waals surface area contributed by atoms with Gasteiger partial charge in [-0.25, -0.2) is 9.78 Å². The van der Waals surface area contributed by atoms with Crippen molar-refractivity contribution >= 4 is 17.8 Å². The molecule has 0 aromatic carbocycles. The summed E-state index contributed by atoms with van der Waals surface area (Å²) in [6.07, 6.45) is 2.97. The number of likely N-dealkylation sites (tertiary alicyclic amines) is 1. The van der Waals surface area contributed by atoms with Crippen molar-refractivity contribution in [3.05, 3.63) is 23.9 Å². The van der Waals surface area contributed by atoms with Crippen LogP contribution in [0.5, 0.6) is 0 Å². The fraction of sp³-hybridized carbons (Fsp3) is 0.588. The van der Waals surface area contributed by atoms with Crippen molar-refractivity contribution in [1.82, 2.24) is 15.2 Å². The van der Waals surface area contributed by atoms with Gasteiger partial charge in [0, 0.05) is 39.0 Å². The minimum Gasteiger partial charge on any atom is -0.450 e. The molecule has 0 atom stereocenters. The summed E-state index contributed by atoms with van der Waals surface area (Å²) in [6.45, 7) is 4.47. The Balaban J connectivity index is 1.78. The van der Waals surface area contributed by atoms with Gasteiger partial charge in [0.2, 0.25) is 0 Å². The number of pyridine rings is 1. The van der Waals surface area contributed by atoms with Crippen LogP contribution in [0.15, 0.2) is 18.3 Å². The molecule has 1 saturated heterocycles. The molecule has 0 saturated carbocycles. The number of rotatable bonds is 7. The van der Waals surface area contributed by atoms with Crippen LogP contribution in [0.1, 0.15) is 30.1 Å². The Bertz CT molecular complexity index is 556. The first-order chi connectivity index (χ1) is 12.1. The molecule has 1 aromatic heterocycles. The molecule has 2 rings (SSSR count). The van der Waals surface area contributed by atoms with Crippen molar-refractivity contribution < 1.29 is 19.1 Å². The molecule has 2 heterocycles. The predicted octanol–water partition coefficient (Wildman–Crippen LogP) is 1.49. The Morgan fingerprint density at radius 1 is 1.32 bits per heavy atom. The molecule has 2 amide bonds. The molecule has 1 aliphatic rings. The number of nitrogens with zero attached hydrogens (tertiary/aromatic N) is 2. The second-order valence-corrected chi connectivity index (χ2v) is 5.79. The highest BCUT2D eigenvalue weighted by atomic mass is 16.6. The number of nitrogens with one attached hydrogen (secondary N) is 2. The summed E-state index contributed by atoms with van der Waals surface area (Å²) in [7, 11) is 1.59. The molecule has 0 spiro atoms. The van der Waals surface area contributed by atoms with Gasteiger partial charge in [-0.15, -0.1) is 0 Å². The largest absolute Gasteiger partial charge is 0.450 e. The van der Waals surface area contributed by atoms with E-state index in [1.54, 1.807) is 37.3 Å². The van der Waals surface area contributed by atoms with Crippen LogP contribution >= 0.6 is 0 Å². The third kappa shape index (κ3) is 5.90. The zero-order chi connectivity index (χ0) is 18.1. The smallest absolute Gasteiger partial charge is 0.409 e. The second-order valence-electron chi connectivity index (χ2n) is 5.79. The summed E-state index contributed by atoms with van der Waals surface area (Å²) < 4.78 is 9.91. The lowest BCUT2D eigenvalue weighted by atomic mass is 10.1. The van der Waals surface area contributed by atoms with Gasteiger partial charge in [-0.05, 0) is 31.9 Å². The SMILES string of the molecule is CCOC(=O)N1CCC(Nc2ccc(C(=O)NCCOC)cn2)CC1. The number of piperidine rings is 1. The number of ether oxygens (including phenoxy) is 2. The zero-order valence-electron chi connectivity index (χ0n) is 14.8. The first kappa shape index (κ1) is 19.0. The summed E-state index contributed by atoms with van der Waals surface area (Å²) in [5.41, 5.74) is 0.513. The highest BCUT2D eigenvalue weighted by Crippen LogP contribution is 2.16. The van der Waals surface area contributed by atoms with Crippen molar-refractivity contribution in [3.63, 3.8) is 0 Å². The lowest BCUT2D eigenvalue weighted by Gasteiger charge is -2.31. The van der Waals surface area contributed by atoms with E-state index in [0.29, 0.717) is 38.4 Å². The van der Waals surface area contributed by atoms with Gasteiger partial charge >= 0.3 is 6.09 Å². The molecular weight excluding hydrogens is 324 g/mol. The third-order valence-electron chi connectivity index (χ3n) is 3.99. The average Bonchev–Trinajstić information content (AvgIpc) is 2.63. The fourth-order valence-corrected chi connectivity index (χ4v) is 2.61. The normalized spacial score (nSPS) is 14.9. The third-order valence-corrected chi connectivity index (χ3v) is 3.99. The van der Waals surface area contributed by atoms with Crippen LogP contribution in [0, 0.1) is 0 Å². The van der Waals surface area contributed by atoms with E-state index >= 15 is 0 Å². The lowest BCUT2D eigenvalue weighted by Crippen LogP contribution is -2.42. The van der Waals surface area contributed by atoms with Crippen LogP contribution in [0.4, 0.5) is 10.6 Å². The maximum atomic E-state index is 11.9. The minimum atomic E-state index is -0.247. The molecular formula is C17H26N4O4. The van der Waals surface area contributed by atoms with Gasteiger partial charge in [0.15, 0.2) is 0 Å². The van der Waals surface area contributed by atoms with E-state index < -0.39 is 0 Å². The number of anilines is 1. The highest BCUT2D eigenvalue weighted by Gasteiger charge is 2.23. The number of carbonyl (C=O) groups excluding carboxylic acids is 2. The molecule has 0 bridgehead atoms. The van der Waals surface area contributed by atoms with Crippen LogP contribution in [0.3, 0.4) is 0 Å². The summed E-state index contributed by atoms with van der Waals surface area (Å²) in [4.78, 5) is 29.6. The van der Waals surface area contributed by atoms with Crippen molar-refractivity contribution in [3.8, 4) is 0 Å². The van der Waals surface area contributed by atoms with E-state index in [0.717, 1.165) is 18.7 Å². The van der Waals surface area contributed by atoms with Gasteiger partial charge in [-0.3, -0.25) is 4.79 Å². The first-order valence-corrected chi connectivity index (χ1v) is 8.55. The Hall–Kier alpha value is -2.35. The van der Waals surface area contributed by atoms with E-state index in [1.807, 2.05) is 0 Å². The zero-order valence-corrected chi connectivity index (χ0v) is 14.8. The molecule has 8 heteroatoms. The monoisotopic (exact) mass is 350 g/mol. The maximum Gasteiger partial charge on any atom is 0.409 e. The highest BCUT2D eigenvalue weighted by molar-refractivity contribution is 5.94. The van der Waals surface area contributed by atoms with Crippen LogP contribution in [0.25, 0.3) is 0 Å². The van der Waals surface area contributed by atoms with Crippen molar-refractivity contribution in [2.24, 2.45) is 0 Å². The Labute approximate surface area is 147 Å². The number of hydrogen-bond acceptors (Lipinski definition) is 6. The number of methoxy groups -OCH3 is 1. The Morgan fingerprint density at radius 2 is 2.08 bits per heavy atom. The Kier molecular flexibility index (Phi) is 7.46. The average molecular weight is 350 g/mol. The minimum absolute atomic E-state index is 0.168.